The molecule has 3 heterocycles. The van der Waals surface area contributed by atoms with Gasteiger partial charge in [0.2, 0.25) is 11.8 Å². The zero-order valence-corrected chi connectivity index (χ0v) is 29.0. The normalized spacial score (nSPS) is 26.5. The van der Waals surface area contributed by atoms with Crippen molar-refractivity contribution < 1.29 is 19.5 Å². The molecule has 6 rings (SSSR count). The van der Waals surface area contributed by atoms with E-state index in [1.807, 2.05) is 66.7 Å². The maximum Gasteiger partial charge on any atom is 0.251 e. The summed E-state index contributed by atoms with van der Waals surface area (Å²) in [5.41, 5.74) is 2.16. The number of aliphatic hydroxyl groups excluding tert-OH is 1. The standard InChI is InChI=1S/C37H37BrClN3O4S/c1-3-19-40(25-15-9-6-10-16-25)34(44)30-31-35(45)42(26(23-43)21-24-13-7-5-8-14-24)33(37(31)22-27(38)32(30)47-37)36(46)41(20-4-2)29-18-12-11-17-28(29)39/h3-18,26-27,30-33,43H,1-2,19-23H2/t26-,27?,30+,31+,32+,33?,37?/m1/s1. The summed E-state index contributed by atoms with van der Waals surface area (Å²) in [6, 6.07) is 24.5. The Morgan fingerprint density at radius 2 is 1.60 bits per heavy atom. The van der Waals surface area contributed by atoms with Gasteiger partial charge in [-0.25, -0.2) is 0 Å². The number of hydrogen-bond donors (Lipinski definition) is 1. The first kappa shape index (κ1) is 33.5. The Labute approximate surface area is 293 Å². The molecule has 0 aromatic heterocycles. The fraction of sp³-hybridized carbons (Fsp3) is 0.324. The molecule has 3 aromatic rings. The first-order chi connectivity index (χ1) is 22.8. The maximum absolute atomic E-state index is 15.1. The average molecular weight is 735 g/mol. The molecule has 1 spiro atoms. The van der Waals surface area contributed by atoms with Crippen molar-refractivity contribution in [1.82, 2.24) is 4.90 Å². The lowest BCUT2D eigenvalue weighted by Crippen LogP contribution is -2.58. The molecule has 2 bridgehead atoms. The van der Waals surface area contributed by atoms with E-state index in [0.29, 0.717) is 29.2 Å². The van der Waals surface area contributed by atoms with E-state index in [1.54, 1.807) is 56.8 Å². The summed E-state index contributed by atoms with van der Waals surface area (Å²) in [5.74, 6) is -2.24. The zero-order chi connectivity index (χ0) is 33.3. The van der Waals surface area contributed by atoms with Gasteiger partial charge in [0.05, 0.1) is 39.9 Å². The molecule has 7 atom stereocenters. The Kier molecular flexibility index (Phi) is 9.99. The van der Waals surface area contributed by atoms with Gasteiger partial charge >= 0.3 is 0 Å². The molecule has 47 heavy (non-hydrogen) atoms. The van der Waals surface area contributed by atoms with Gasteiger partial charge in [0, 0.05) is 28.9 Å². The summed E-state index contributed by atoms with van der Waals surface area (Å²) in [7, 11) is 0. The van der Waals surface area contributed by atoms with Gasteiger partial charge in [0.1, 0.15) is 6.04 Å². The SMILES string of the molecule is C=CCN(C(=O)[C@H]1[C@H]2C(=O)N([C@@H](CO)Cc3ccccc3)C(C(=O)N(CC=C)c3ccccc3Cl)C23CC(Br)[C@@H]1S3)c1ccccc1. The van der Waals surface area contributed by atoms with Crippen LogP contribution in [0.2, 0.25) is 5.02 Å². The first-order valence-corrected chi connectivity index (χ1v) is 17.9. The predicted octanol–water partition coefficient (Wildman–Crippen LogP) is 6.15. The van der Waals surface area contributed by atoms with E-state index in [0.717, 1.165) is 5.56 Å². The summed E-state index contributed by atoms with van der Waals surface area (Å²) < 4.78 is -0.922. The van der Waals surface area contributed by atoms with Gasteiger partial charge in [0.15, 0.2) is 0 Å². The number of likely N-dealkylation sites (tertiary alicyclic amines) is 1. The van der Waals surface area contributed by atoms with E-state index in [1.165, 1.54) is 0 Å². The van der Waals surface area contributed by atoms with Crippen molar-refractivity contribution in [2.24, 2.45) is 11.8 Å². The van der Waals surface area contributed by atoms with Crippen LogP contribution < -0.4 is 9.80 Å². The van der Waals surface area contributed by atoms with E-state index in [9.17, 15) is 14.7 Å². The van der Waals surface area contributed by atoms with E-state index in [4.69, 9.17) is 11.6 Å². The van der Waals surface area contributed by atoms with Crippen LogP contribution in [0.25, 0.3) is 0 Å². The monoisotopic (exact) mass is 733 g/mol. The zero-order valence-electron chi connectivity index (χ0n) is 25.8. The number of amides is 3. The number of alkyl halides is 1. The van der Waals surface area contributed by atoms with Crippen LogP contribution in [0.4, 0.5) is 11.4 Å². The van der Waals surface area contributed by atoms with Crippen LogP contribution >= 0.6 is 39.3 Å². The number of carbonyl (C=O) groups is 3. The highest BCUT2D eigenvalue weighted by Crippen LogP contribution is 2.68. The number of thioether (sulfide) groups is 1. The fourth-order valence-electron chi connectivity index (χ4n) is 7.65. The van der Waals surface area contributed by atoms with Crippen molar-refractivity contribution in [3.8, 4) is 0 Å². The second-order valence-corrected chi connectivity index (χ2v) is 15.3. The Balaban J connectivity index is 1.48. The van der Waals surface area contributed by atoms with Gasteiger partial charge in [-0.3, -0.25) is 14.4 Å². The molecule has 0 aliphatic carbocycles. The molecule has 244 valence electrons. The van der Waals surface area contributed by atoms with Crippen molar-refractivity contribution in [3.05, 3.63) is 121 Å². The Hall–Kier alpha value is -3.37. The molecular formula is C37H37BrClN3O4S. The maximum atomic E-state index is 15.1. The highest BCUT2D eigenvalue weighted by molar-refractivity contribution is 9.09. The quantitative estimate of drug-likeness (QED) is 0.179. The number of benzene rings is 3. The summed E-state index contributed by atoms with van der Waals surface area (Å²) in [5, 5.41) is 11.0. The van der Waals surface area contributed by atoms with Crippen LogP contribution in [0.15, 0.2) is 110 Å². The minimum absolute atomic E-state index is 0.114. The molecule has 3 saturated heterocycles. The Morgan fingerprint density at radius 1 is 0.979 bits per heavy atom. The van der Waals surface area contributed by atoms with Crippen LogP contribution in [-0.4, -0.2) is 74.3 Å². The van der Waals surface area contributed by atoms with Gasteiger partial charge in [-0.2, -0.15) is 0 Å². The van der Waals surface area contributed by atoms with Crippen molar-refractivity contribution in [2.75, 3.05) is 29.5 Å². The largest absolute Gasteiger partial charge is 0.394 e. The number of para-hydroxylation sites is 2. The van der Waals surface area contributed by atoms with E-state index >= 15 is 4.79 Å². The van der Waals surface area contributed by atoms with Crippen LogP contribution in [-0.2, 0) is 20.8 Å². The number of fused-ring (bicyclic) bond motifs is 1. The number of carbonyl (C=O) groups excluding carboxylic acids is 3. The number of anilines is 2. The van der Waals surface area contributed by atoms with Crippen molar-refractivity contribution >= 4 is 68.4 Å². The third kappa shape index (κ3) is 5.86. The van der Waals surface area contributed by atoms with Crippen molar-refractivity contribution in [1.29, 1.82) is 0 Å². The topological polar surface area (TPSA) is 81.2 Å². The molecule has 3 aliphatic rings. The van der Waals surface area contributed by atoms with Crippen LogP contribution in [0.3, 0.4) is 0 Å². The lowest BCUT2D eigenvalue weighted by Gasteiger charge is -2.40. The molecule has 7 nitrogen and oxygen atoms in total. The lowest BCUT2D eigenvalue weighted by atomic mass is 9.70. The minimum atomic E-state index is -0.963. The third-order valence-electron chi connectivity index (χ3n) is 9.53. The van der Waals surface area contributed by atoms with E-state index < -0.39 is 28.7 Å². The van der Waals surface area contributed by atoms with Crippen LogP contribution in [0.5, 0.6) is 0 Å². The molecule has 3 aromatic carbocycles. The summed E-state index contributed by atoms with van der Waals surface area (Å²) >= 11 is 12.1. The number of hydrogen-bond acceptors (Lipinski definition) is 5. The van der Waals surface area contributed by atoms with Crippen LogP contribution in [0.1, 0.15) is 12.0 Å². The van der Waals surface area contributed by atoms with Crippen LogP contribution in [0, 0.1) is 11.8 Å². The Bertz CT molecular complexity index is 1660. The van der Waals surface area contributed by atoms with Crippen molar-refractivity contribution in [3.63, 3.8) is 0 Å². The third-order valence-corrected chi connectivity index (χ3v) is 13.1. The molecular weight excluding hydrogens is 698 g/mol. The molecule has 1 N–H and O–H groups in total. The summed E-state index contributed by atoms with van der Waals surface area (Å²) in [6.45, 7) is 7.89. The van der Waals surface area contributed by atoms with Crippen molar-refractivity contribution in [2.45, 2.75) is 39.7 Å². The highest BCUT2D eigenvalue weighted by atomic mass is 79.9. The molecule has 3 fully saturated rings. The summed E-state index contributed by atoms with van der Waals surface area (Å²) in [4.78, 5) is 49.5. The molecule has 0 radical (unpaired) electrons. The smallest absolute Gasteiger partial charge is 0.251 e. The molecule has 3 amide bonds. The second kappa shape index (κ2) is 14.0. The molecule has 10 heteroatoms. The summed E-state index contributed by atoms with van der Waals surface area (Å²) in [6.07, 6.45) is 4.17. The van der Waals surface area contributed by atoms with Gasteiger partial charge < -0.3 is 19.8 Å². The molecule has 3 aliphatic heterocycles. The number of aliphatic hydroxyl groups is 1. The molecule has 0 saturated carbocycles. The van der Waals surface area contributed by atoms with E-state index in [-0.39, 0.29) is 47.5 Å². The van der Waals surface area contributed by atoms with E-state index in [2.05, 4.69) is 29.1 Å². The second-order valence-electron chi connectivity index (χ2n) is 12.2. The van der Waals surface area contributed by atoms with Gasteiger partial charge in [-0.15, -0.1) is 24.9 Å². The average Bonchev–Trinajstić information content (AvgIpc) is 3.69. The molecule has 3 unspecified atom stereocenters. The van der Waals surface area contributed by atoms with Gasteiger partial charge in [-0.1, -0.05) is 100 Å². The Morgan fingerprint density at radius 3 is 2.23 bits per heavy atom. The number of nitrogens with zero attached hydrogens (tertiary/aromatic N) is 3. The number of rotatable bonds is 12. The number of halogens is 2. The van der Waals surface area contributed by atoms with Gasteiger partial charge in [0.25, 0.3) is 5.91 Å². The minimum Gasteiger partial charge on any atom is -0.394 e. The predicted molar refractivity (Wildman–Crippen MR) is 193 cm³/mol. The fourth-order valence-corrected chi connectivity index (χ4v) is 11.5. The lowest BCUT2D eigenvalue weighted by molar-refractivity contribution is -0.141. The van der Waals surface area contributed by atoms with Gasteiger partial charge in [-0.05, 0) is 42.7 Å². The first-order valence-electron chi connectivity index (χ1n) is 15.7. The highest BCUT2D eigenvalue weighted by Gasteiger charge is 2.76.